The fourth-order valence-corrected chi connectivity index (χ4v) is 3.04. The van der Waals surface area contributed by atoms with E-state index in [1.807, 2.05) is 63.2 Å². The number of halogens is 1. The largest absolute Gasteiger partial charge is 0.473 e. The molecule has 1 unspecified atom stereocenters. The molecule has 3 rings (SSSR count). The van der Waals surface area contributed by atoms with Crippen molar-refractivity contribution in [2.24, 2.45) is 0 Å². The molecule has 0 aliphatic carbocycles. The van der Waals surface area contributed by atoms with E-state index in [0.717, 1.165) is 21.2 Å². The van der Waals surface area contributed by atoms with Crippen molar-refractivity contribution in [1.29, 1.82) is 0 Å². The zero-order chi connectivity index (χ0) is 17.0. The molecule has 0 aromatic heterocycles. The van der Waals surface area contributed by atoms with Crippen LogP contribution in [0.15, 0.2) is 52.6 Å². The van der Waals surface area contributed by atoms with Gasteiger partial charge in [-0.05, 0) is 24.6 Å². The molecule has 0 bridgehead atoms. The Balaban J connectivity index is 0.000000924. The van der Waals surface area contributed by atoms with Gasteiger partial charge in [-0.1, -0.05) is 60.1 Å². The first-order valence-electron chi connectivity index (χ1n) is 7.44. The van der Waals surface area contributed by atoms with Crippen LogP contribution in [-0.2, 0) is 0 Å². The first-order chi connectivity index (χ1) is 11.1. The number of benzene rings is 2. The molecule has 1 aliphatic heterocycles. The molecular weight excluding hydrogens is 358 g/mol. The summed E-state index contributed by atoms with van der Waals surface area (Å²) in [6.45, 7) is 5.93. The third-order valence-electron chi connectivity index (χ3n) is 3.39. The zero-order valence-corrected chi connectivity index (χ0v) is 14.8. The van der Waals surface area contributed by atoms with Crippen molar-refractivity contribution < 1.29 is 9.66 Å². The van der Waals surface area contributed by atoms with Crippen LogP contribution in [0.3, 0.4) is 0 Å². The molecule has 1 heterocycles. The maximum atomic E-state index is 11.4. The van der Waals surface area contributed by atoms with Gasteiger partial charge < -0.3 is 4.74 Å². The highest BCUT2D eigenvalue weighted by atomic mass is 79.9. The van der Waals surface area contributed by atoms with Crippen molar-refractivity contribution >= 4 is 22.0 Å². The summed E-state index contributed by atoms with van der Waals surface area (Å²) in [6, 6.07) is 13.0. The molecule has 0 saturated heterocycles. The van der Waals surface area contributed by atoms with Crippen molar-refractivity contribution in [3.05, 3.63) is 79.4 Å². The van der Waals surface area contributed by atoms with Crippen LogP contribution < -0.4 is 4.74 Å². The molecule has 1 aliphatic rings. The SMILES string of the molecule is CC.Cc1cc(Br)cc2c1OC(c1ccccc1)C([N+](=O)[O-])=C2. The van der Waals surface area contributed by atoms with Crippen LogP contribution in [0.5, 0.6) is 5.75 Å². The molecule has 120 valence electrons. The Morgan fingerprint density at radius 1 is 1.17 bits per heavy atom. The number of fused-ring (bicyclic) bond motifs is 1. The molecule has 0 amide bonds. The lowest BCUT2D eigenvalue weighted by atomic mass is 9.99. The normalized spacial score (nSPS) is 15.5. The van der Waals surface area contributed by atoms with Gasteiger partial charge in [-0.25, -0.2) is 0 Å². The van der Waals surface area contributed by atoms with E-state index in [2.05, 4.69) is 15.9 Å². The van der Waals surface area contributed by atoms with Gasteiger partial charge in [-0.3, -0.25) is 10.1 Å². The Hall–Kier alpha value is -2.14. The third-order valence-corrected chi connectivity index (χ3v) is 3.85. The number of hydrogen-bond donors (Lipinski definition) is 0. The second kappa shape index (κ2) is 7.42. The summed E-state index contributed by atoms with van der Waals surface area (Å²) < 4.78 is 6.82. The van der Waals surface area contributed by atoms with E-state index < -0.39 is 6.10 Å². The van der Waals surface area contributed by atoms with E-state index in [4.69, 9.17) is 4.74 Å². The number of hydrogen-bond acceptors (Lipinski definition) is 3. The molecule has 2 aromatic rings. The van der Waals surface area contributed by atoms with Gasteiger partial charge in [-0.2, -0.15) is 0 Å². The summed E-state index contributed by atoms with van der Waals surface area (Å²) in [4.78, 5) is 11.0. The molecule has 0 spiro atoms. The van der Waals surface area contributed by atoms with E-state index in [9.17, 15) is 10.1 Å². The highest BCUT2D eigenvalue weighted by Crippen LogP contribution is 2.40. The van der Waals surface area contributed by atoms with Crippen LogP contribution >= 0.6 is 15.9 Å². The highest BCUT2D eigenvalue weighted by molar-refractivity contribution is 9.10. The van der Waals surface area contributed by atoms with Crippen LogP contribution in [0.2, 0.25) is 0 Å². The van der Waals surface area contributed by atoms with E-state index in [1.54, 1.807) is 6.08 Å². The minimum absolute atomic E-state index is 0.0474. The van der Waals surface area contributed by atoms with Crippen molar-refractivity contribution in [2.45, 2.75) is 26.9 Å². The van der Waals surface area contributed by atoms with Crippen LogP contribution in [-0.4, -0.2) is 4.92 Å². The Bertz CT molecular complexity index is 741. The van der Waals surface area contributed by atoms with Crippen molar-refractivity contribution in [3.8, 4) is 5.75 Å². The molecular formula is C18H18BrNO3. The maximum Gasteiger partial charge on any atom is 0.291 e. The van der Waals surface area contributed by atoms with Crippen LogP contribution in [0.4, 0.5) is 0 Å². The maximum absolute atomic E-state index is 11.4. The molecule has 0 N–H and O–H groups in total. The topological polar surface area (TPSA) is 52.4 Å². The monoisotopic (exact) mass is 375 g/mol. The van der Waals surface area contributed by atoms with Crippen molar-refractivity contribution in [1.82, 2.24) is 0 Å². The molecule has 4 nitrogen and oxygen atoms in total. The summed E-state index contributed by atoms with van der Waals surface area (Å²) in [7, 11) is 0. The molecule has 0 saturated carbocycles. The van der Waals surface area contributed by atoms with Gasteiger partial charge in [0.2, 0.25) is 6.10 Å². The average molecular weight is 376 g/mol. The number of ether oxygens (including phenoxy) is 1. The summed E-state index contributed by atoms with van der Waals surface area (Å²) >= 11 is 3.40. The minimum atomic E-state index is -0.687. The van der Waals surface area contributed by atoms with Gasteiger partial charge in [0.1, 0.15) is 5.75 Å². The average Bonchev–Trinajstić information content (AvgIpc) is 2.56. The number of rotatable bonds is 2. The highest BCUT2D eigenvalue weighted by Gasteiger charge is 2.33. The molecule has 5 heteroatoms. The lowest BCUT2D eigenvalue weighted by Crippen LogP contribution is -2.20. The molecule has 23 heavy (non-hydrogen) atoms. The fourth-order valence-electron chi connectivity index (χ4n) is 2.45. The number of nitro groups is 1. The second-order valence-corrected chi connectivity index (χ2v) is 5.79. The van der Waals surface area contributed by atoms with Gasteiger partial charge >= 0.3 is 0 Å². The Morgan fingerprint density at radius 2 is 1.83 bits per heavy atom. The van der Waals surface area contributed by atoms with E-state index in [0.29, 0.717) is 5.75 Å². The van der Waals surface area contributed by atoms with E-state index in [-0.39, 0.29) is 10.6 Å². The minimum Gasteiger partial charge on any atom is -0.473 e. The van der Waals surface area contributed by atoms with Gasteiger partial charge in [-0.15, -0.1) is 0 Å². The second-order valence-electron chi connectivity index (χ2n) is 4.88. The molecule has 2 aromatic carbocycles. The standard InChI is InChI=1S/C16H12BrNO3.C2H6/c1-10-7-13(17)8-12-9-14(18(19)20)16(21-15(10)12)11-5-3-2-4-6-11;1-2/h2-9,16H,1H3;1-2H3. The third kappa shape index (κ3) is 3.62. The predicted molar refractivity (Wildman–Crippen MR) is 95.0 cm³/mol. The van der Waals surface area contributed by atoms with Gasteiger partial charge in [0, 0.05) is 21.7 Å². The summed E-state index contributed by atoms with van der Waals surface area (Å²) in [5.74, 6) is 0.692. The zero-order valence-electron chi connectivity index (χ0n) is 13.2. The lowest BCUT2D eigenvalue weighted by Gasteiger charge is -2.24. The first-order valence-corrected chi connectivity index (χ1v) is 8.23. The van der Waals surface area contributed by atoms with Gasteiger partial charge in [0.15, 0.2) is 0 Å². The summed E-state index contributed by atoms with van der Waals surface area (Å²) in [5, 5.41) is 11.4. The smallest absolute Gasteiger partial charge is 0.291 e. The van der Waals surface area contributed by atoms with Gasteiger partial charge in [0.25, 0.3) is 5.70 Å². The first kappa shape index (κ1) is 17.2. The van der Waals surface area contributed by atoms with Crippen molar-refractivity contribution in [2.75, 3.05) is 0 Å². The lowest BCUT2D eigenvalue weighted by molar-refractivity contribution is -0.434. The van der Waals surface area contributed by atoms with E-state index >= 15 is 0 Å². The van der Waals surface area contributed by atoms with Crippen LogP contribution in [0.25, 0.3) is 6.08 Å². The van der Waals surface area contributed by atoms with Crippen LogP contribution in [0.1, 0.15) is 36.6 Å². The van der Waals surface area contributed by atoms with Gasteiger partial charge in [0.05, 0.1) is 4.92 Å². The quantitative estimate of drug-likeness (QED) is 0.511. The molecule has 0 fully saturated rings. The van der Waals surface area contributed by atoms with E-state index in [1.165, 1.54) is 0 Å². The predicted octanol–water partition coefficient (Wildman–Crippen LogP) is 5.54. The number of nitrogens with zero attached hydrogens (tertiary/aromatic N) is 1. The number of aryl methyl sites for hydroxylation is 1. The fraction of sp³-hybridized carbons (Fsp3) is 0.222. The summed E-state index contributed by atoms with van der Waals surface area (Å²) in [6.07, 6.45) is 0.905. The van der Waals surface area contributed by atoms with Crippen molar-refractivity contribution in [3.63, 3.8) is 0 Å². The Morgan fingerprint density at radius 3 is 2.43 bits per heavy atom. The molecule has 0 radical (unpaired) electrons. The Kier molecular flexibility index (Phi) is 5.55. The molecule has 1 atom stereocenters. The Labute approximate surface area is 144 Å². The van der Waals surface area contributed by atoms with Crippen LogP contribution in [0, 0.1) is 17.0 Å². The summed E-state index contributed by atoms with van der Waals surface area (Å²) in [5.41, 5.74) is 2.49.